The molecule has 2 fully saturated rings. The molecule has 0 radical (unpaired) electrons. The van der Waals surface area contributed by atoms with Crippen LogP contribution in [0.2, 0.25) is 0 Å². The van der Waals surface area contributed by atoms with Gasteiger partial charge < -0.3 is 19.9 Å². The van der Waals surface area contributed by atoms with Crippen molar-refractivity contribution in [3.63, 3.8) is 0 Å². The molecule has 2 heterocycles. The van der Waals surface area contributed by atoms with Crippen molar-refractivity contribution in [2.24, 2.45) is 5.41 Å². The Morgan fingerprint density at radius 1 is 1.19 bits per heavy atom. The number of rotatable bonds is 9. The molecule has 32 heavy (non-hydrogen) atoms. The summed E-state index contributed by atoms with van der Waals surface area (Å²) in [5, 5.41) is 20.7. The first-order valence-electron chi connectivity index (χ1n) is 11.5. The third-order valence-corrected chi connectivity index (χ3v) is 6.18. The van der Waals surface area contributed by atoms with E-state index in [9.17, 15) is 4.79 Å². The summed E-state index contributed by atoms with van der Waals surface area (Å²) in [5.74, 6) is 0.796. The average Bonchev–Trinajstić information content (AvgIpc) is 2.73. The lowest BCUT2D eigenvalue weighted by atomic mass is 9.84. The highest BCUT2D eigenvalue weighted by Crippen LogP contribution is 2.24. The first-order valence-corrected chi connectivity index (χ1v) is 11.5. The fourth-order valence-electron chi connectivity index (χ4n) is 4.51. The van der Waals surface area contributed by atoms with Gasteiger partial charge in [0, 0.05) is 45.3 Å². The highest BCUT2D eigenvalue weighted by atomic mass is 16.5. The maximum absolute atomic E-state index is 11.1. The Hall–Kier alpha value is -2.34. The van der Waals surface area contributed by atoms with Gasteiger partial charge in [0.05, 0.1) is 30.4 Å². The van der Waals surface area contributed by atoms with Crippen LogP contribution in [0.3, 0.4) is 0 Å². The maximum atomic E-state index is 11.1. The third kappa shape index (κ3) is 7.37. The average molecular weight is 445 g/mol. The number of ether oxygens (including phenoxy) is 2. The number of hydrogen-bond donors (Lipinski definition) is 2. The zero-order valence-electron chi connectivity index (χ0n) is 19.4. The van der Waals surface area contributed by atoms with Crippen LogP contribution in [0.4, 0.5) is 4.79 Å². The van der Waals surface area contributed by atoms with E-state index in [0.29, 0.717) is 12.2 Å². The predicted octanol–water partition coefficient (Wildman–Crippen LogP) is 2.78. The molecular weight excluding hydrogens is 408 g/mol. The summed E-state index contributed by atoms with van der Waals surface area (Å²) in [6.07, 6.45) is 1.18. The molecule has 3 rings (SSSR count). The van der Waals surface area contributed by atoms with Crippen LogP contribution >= 0.6 is 0 Å². The second-order valence-electron chi connectivity index (χ2n) is 9.89. The molecule has 2 N–H and O–H groups in total. The normalized spacial score (nSPS) is 22.7. The highest BCUT2D eigenvalue weighted by Gasteiger charge is 2.35. The van der Waals surface area contributed by atoms with Crippen LogP contribution in [-0.4, -0.2) is 85.1 Å². The molecule has 0 saturated carbocycles. The SMILES string of the molecule is CC(C)(C)C(CCN1CC2CN(CCCOc3ccc(C#N)cc3)CC(C1)O2)NC(=O)O. The zero-order chi connectivity index (χ0) is 23.1. The summed E-state index contributed by atoms with van der Waals surface area (Å²) in [7, 11) is 0. The van der Waals surface area contributed by atoms with Gasteiger partial charge in [0.15, 0.2) is 0 Å². The molecule has 3 unspecified atom stereocenters. The summed E-state index contributed by atoms with van der Waals surface area (Å²) in [6.45, 7) is 12.3. The van der Waals surface area contributed by atoms with Crippen LogP contribution in [0.5, 0.6) is 5.75 Å². The van der Waals surface area contributed by atoms with Crippen LogP contribution in [-0.2, 0) is 4.74 Å². The van der Waals surface area contributed by atoms with E-state index in [1.165, 1.54) is 0 Å². The predicted molar refractivity (Wildman–Crippen MR) is 122 cm³/mol. The van der Waals surface area contributed by atoms with Gasteiger partial charge in [0.2, 0.25) is 0 Å². The minimum absolute atomic E-state index is 0.0738. The lowest BCUT2D eigenvalue weighted by molar-refractivity contribution is -0.139. The minimum Gasteiger partial charge on any atom is -0.494 e. The van der Waals surface area contributed by atoms with Crippen molar-refractivity contribution in [1.29, 1.82) is 5.26 Å². The second-order valence-corrected chi connectivity index (χ2v) is 9.89. The fourth-order valence-corrected chi connectivity index (χ4v) is 4.51. The Kier molecular flexibility index (Phi) is 8.35. The minimum atomic E-state index is -0.956. The summed E-state index contributed by atoms with van der Waals surface area (Å²) < 4.78 is 12.0. The zero-order valence-corrected chi connectivity index (χ0v) is 19.4. The molecule has 0 aromatic heterocycles. The number of hydrogen-bond acceptors (Lipinski definition) is 6. The number of carbonyl (C=O) groups is 1. The van der Waals surface area contributed by atoms with Gasteiger partial charge in [-0.15, -0.1) is 0 Å². The van der Waals surface area contributed by atoms with Crippen LogP contribution in [0, 0.1) is 16.7 Å². The van der Waals surface area contributed by atoms with Crippen molar-refractivity contribution in [1.82, 2.24) is 15.1 Å². The molecule has 1 aromatic rings. The molecular formula is C24H36N4O4. The molecule has 1 aromatic carbocycles. The van der Waals surface area contributed by atoms with Crippen molar-refractivity contribution in [3.8, 4) is 11.8 Å². The van der Waals surface area contributed by atoms with Crippen LogP contribution in [0.15, 0.2) is 24.3 Å². The summed E-state index contributed by atoms with van der Waals surface area (Å²) >= 11 is 0. The van der Waals surface area contributed by atoms with E-state index in [0.717, 1.165) is 57.9 Å². The number of fused-ring (bicyclic) bond motifs is 2. The number of amides is 1. The largest absolute Gasteiger partial charge is 0.494 e. The van der Waals surface area contributed by atoms with Crippen LogP contribution in [0.1, 0.15) is 39.2 Å². The Bertz CT molecular complexity index is 773. The van der Waals surface area contributed by atoms with Crippen LogP contribution in [0.25, 0.3) is 0 Å². The Morgan fingerprint density at radius 2 is 1.78 bits per heavy atom. The highest BCUT2D eigenvalue weighted by molar-refractivity contribution is 5.64. The van der Waals surface area contributed by atoms with E-state index in [1.807, 2.05) is 12.1 Å². The molecule has 3 atom stereocenters. The molecule has 8 heteroatoms. The number of nitrogens with zero attached hydrogens (tertiary/aromatic N) is 3. The lowest BCUT2D eigenvalue weighted by Crippen LogP contribution is -2.60. The number of nitriles is 1. The smallest absolute Gasteiger partial charge is 0.404 e. The number of morpholine rings is 2. The molecule has 0 aliphatic carbocycles. The van der Waals surface area contributed by atoms with Crippen molar-refractivity contribution >= 4 is 6.09 Å². The molecule has 2 bridgehead atoms. The van der Waals surface area contributed by atoms with Gasteiger partial charge in [-0.3, -0.25) is 9.80 Å². The van der Waals surface area contributed by atoms with E-state index >= 15 is 0 Å². The molecule has 1 amide bonds. The fraction of sp³-hybridized carbons (Fsp3) is 0.667. The molecule has 2 saturated heterocycles. The van der Waals surface area contributed by atoms with Gasteiger partial charge in [-0.05, 0) is 42.5 Å². The Balaban J connectivity index is 1.38. The van der Waals surface area contributed by atoms with Gasteiger partial charge in [-0.25, -0.2) is 4.79 Å². The number of benzene rings is 1. The standard InChI is InChI=1S/C24H36N4O4/c1-24(2,3)22(26-23(29)30)9-11-28-16-20-14-27(15-21(17-28)32-20)10-4-12-31-19-7-5-18(13-25)6-8-19/h5-8,20-22,26H,4,9-12,14-17H2,1-3H3,(H,29,30). The maximum Gasteiger partial charge on any atom is 0.404 e. The molecule has 2 aliphatic heterocycles. The van der Waals surface area contributed by atoms with Gasteiger partial charge in [0.1, 0.15) is 5.75 Å². The van der Waals surface area contributed by atoms with Gasteiger partial charge in [0.25, 0.3) is 0 Å². The Morgan fingerprint density at radius 3 is 2.31 bits per heavy atom. The molecule has 176 valence electrons. The summed E-state index contributed by atoms with van der Waals surface area (Å²) in [6, 6.07) is 9.25. The van der Waals surface area contributed by atoms with Crippen molar-refractivity contribution in [2.45, 2.75) is 51.9 Å². The van der Waals surface area contributed by atoms with E-state index in [2.05, 4.69) is 42.0 Å². The van der Waals surface area contributed by atoms with Crippen LogP contribution < -0.4 is 10.1 Å². The lowest BCUT2D eigenvalue weighted by Gasteiger charge is -2.46. The third-order valence-electron chi connectivity index (χ3n) is 6.18. The van der Waals surface area contributed by atoms with E-state index in [4.69, 9.17) is 19.8 Å². The molecule has 0 spiro atoms. The van der Waals surface area contributed by atoms with Gasteiger partial charge in [-0.2, -0.15) is 5.26 Å². The monoisotopic (exact) mass is 444 g/mol. The van der Waals surface area contributed by atoms with E-state index in [1.54, 1.807) is 12.1 Å². The second kappa shape index (κ2) is 11.0. The van der Waals surface area contributed by atoms with Crippen molar-refractivity contribution < 1.29 is 19.4 Å². The van der Waals surface area contributed by atoms with E-state index < -0.39 is 6.09 Å². The Labute approximate surface area is 191 Å². The first kappa shape index (κ1) is 24.3. The van der Waals surface area contributed by atoms with Crippen molar-refractivity contribution in [2.75, 3.05) is 45.9 Å². The number of carboxylic acid groups (broad SMARTS) is 1. The quantitative estimate of drug-likeness (QED) is 0.565. The van der Waals surface area contributed by atoms with Gasteiger partial charge >= 0.3 is 6.09 Å². The van der Waals surface area contributed by atoms with Crippen molar-refractivity contribution in [3.05, 3.63) is 29.8 Å². The van der Waals surface area contributed by atoms with E-state index in [-0.39, 0.29) is 23.7 Å². The molecule has 8 nitrogen and oxygen atoms in total. The first-order chi connectivity index (χ1) is 15.2. The number of nitrogens with one attached hydrogen (secondary N) is 1. The summed E-state index contributed by atoms with van der Waals surface area (Å²) in [5.41, 5.74) is 0.523. The van der Waals surface area contributed by atoms with Gasteiger partial charge in [-0.1, -0.05) is 20.8 Å². The summed E-state index contributed by atoms with van der Waals surface area (Å²) in [4.78, 5) is 16.0. The topological polar surface area (TPSA) is 98.1 Å². The molecule has 2 aliphatic rings.